The van der Waals surface area contributed by atoms with Crippen LogP contribution in [0.15, 0.2) is 0 Å². The Morgan fingerprint density at radius 3 is 2.06 bits per heavy atom. The zero-order valence-electron chi connectivity index (χ0n) is 8.58. The van der Waals surface area contributed by atoms with Crippen molar-refractivity contribution in [1.82, 2.24) is 5.32 Å². The molecule has 1 amide bonds. The van der Waals surface area contributed by atoms with E-state index in [2.05, 4.69) is 15.9 Å². The largest absolute Gasteiger partial charge is 0.463 e. The van der Waals surface area contributed by atoms with Gasteiger partial charge in [0.25, 0.3) is 0 Å². The number of rotatable bonds is 5. The third-order valence-corrected chi connectivity index (χ3v) is 2.33. The predicted octanol–water partition coefficient (Wildman–Crippen LogP) is 2.04. The molecule has 9 heteroatoms. The number of hydrogen-bond acceptors (Lipinski definition) is 2. The molecule has 0 spiro atoms. The number of carbonyl (C=O) groups excluding carboxylic acids is 2. The average Bonchev–Trinajstić information content (AvgIpc) is 2.15. The number of amides is 1. The summed E-state index contributed by atoms with van der Waals surface area (Å²) in [7, 11) is 0. The fraction of sp³-hybridized carbons (Fsp3) is 0.750. The Morgan fingerprint density at radius 2 is 1.71 bits per heavy atom. The smallest absolute Gasteiger partial charge is 0.348 e. The molecule has 1 atom stereocenters. The van der Waals surface area contributed by atoms with Crippen LogP contribution in [0.5, 0.6) is 0 Å². The van der Waals surface area contributed by atoms with E-state index in [4.69, 9.17) is 0 Å². The van der Waals surface area contributed by atoms with Gasteiger partial charge in [0.05, 0.1) is 5.33 Å². The van der Waals surface area contributed by atoms with Crippen molar-refractivity contribution >= 4 is 27.6 Å². The number of Topliss-reactive ketones (excluding diaryl/α,β-unsaturated/α-hetero) is 1. The topological polar surface area (TPSA) is 46.2 Å². The fourth-order valence-electron chi connectivity index (χ4n) is 0.890. The first-order chi connectivity index (χ1) is 7.52. The summed E-state index contributed by atoms with van der Waals surface area (Å²) >= 11 is 2.79. The second kappa shape index (κ2) is 5.74. The lowest BCUT2D eigenvalue weighted by atomic mass is 10.1. The Bertz CT molecular complexity index is 305. The maximum absolute atomic E-state index is 12.5. The Hall–Kier alpha value is -0.730. The van der Waals surface area contributed by atoms with Gasteiger partial charge in [-0.15, -0.1) is 0 Å². The summed E-state index contributed by atoms with van der Waals surface area (Å²) < 4.78 is 60.3. The molecular weight excluding hydrogens is 317 g/mol. The SMILES string of the molecule is CC(CC(=O)CBr)NC(=O)C(F)(F)C(F)(F)F. The average molecular weight is 326 g/mol. The second-order valence-electron chi connectivity index (χ2n) is 3.32. The number of carbonyl (C=O) groups is 2. The lowest BCUT2D eigenvalue weighted by Gasteiger charge is -2.21. The van der Waals surface area contributed by atoms with Crippen molar-refractivity contribution in [2.75, 3.05) is 5.33 Å². The van der Waals surface area contributed by atoms with E-state index in [1.54, 1.807) is 0 Å². The van der Waals surface area contributed by atoms with Crippen molar-refractivity contribution in [2.24, 2.45) is 0 Å². The standard InChI is InChI=1S/C8H9BrF5NO2/c1-4(2-5(16)3-9)15-6(17)7(10,11)8(12,13)14/h4H,2-3H2,1H3,(H,15,17). The van der Waals surface area contributed by atoms with E-state index in [0.29, 0.717) is 0 Å². The zero-order chi connectivity index (χ0) is 13.9. The van der Waals surface area contributed by atoms with Crippen LogP contribution >= 0.6 is 15.9 Å². The van der Waals surface area contributed by atoms with Crippen LogP contribution in [0, 0.1) is 0 Å². The minimum Gasteiger partial charge on any atom is -0.348 e. The number of nitrogens with one attached hydrogen (secondary N) is 1. The lowest BCUT2D eigenvalue weighted by Crippen LogP contribution is -2.52. The maximum atomic E-state index is 12.5. The molecule has 0 saturated heterocycles. The summed E-state index contributed by atoms with van der Waals surface area (Å²) in [4.78, 5) is 21.5. The van der Waals surface area contributed by atoms with Gasteiger partial charge in [-0.2, -0.15) is 22.0 Å². The van der Waals surface area contributed by atoms with Crippen LogP contribution in [-0.2, 0) is 9.59 Å². The highest BCUT2D eigenvalue weighted by Gasteiger charge is 2.63. The highest BCUT2D eigenvalue weighted by Crippen LogP contribution is 2.35. The van der Waals surface area contributed by atoms with Crippen LogP contribution in [0.2, 0.25) is 0 Å². The van der Waals surface area contributed by atoms with Gasteiger partial charge in [0.2, 0.25) is 0 Å². The second-order valence-corrected chi connectivity index (χ2v) is 3.88. The van der Waals surface area contributed by atoms with Gasteiger partial charge >= 0.3 is 18.0 Å². The van der Waals surface area contributed by atoms with Crippen LogP contribution in [0.4, 0.5) is 22.0 Å². The normalized spacial score (nSPS) is 14.3. The molecule has 0 radical (unpaired) electrons. The van der Waals surface area contributed by atoms with Crippen molar-refractivity contribution in [3.63, 3.8) is 0 Å². The maximum Gasteiger partial charge on any atom is 0.463 e. The minimum absolute atomic E-state index is 0.0666. The number of halogens is 6. The Labute approximate surface area is 102 Å². The van der Waals surface area contributed by atoms with E-state index in [0.717, 1.165) is 6.92 Å². The van der Waals surface area contributed by atoms with E-state index in [1.165, 1.54) is 5.32 Å². The third-order valence-electron chi connectivity index (χ3n) is 1.70. The molecule has 0 fully saturated rings. The van der Waals surface area contributed by atoms with Crippen LogP contribution < -0.4 is 5.32 Å². The van der Waals surface area contributed by atoms with Crippen LogP contribution in [0.3, 0.4) is 0 Å². The van der Waals surface area contributed by atoms with Crippen molar-refractivity contribution < 1.29 is 31.5 Å². The van der Waals surface area contributed by atoms with Gasteiger partial charge < -0.3 is 5.32 Å². The summed E-state index contributed by atoms with van der Waals surface area (Å²) in [5.41, 5.74) is 0. The number of ketones is 1. The van der Waals surface area contributed by atoms with Gasteiger partial charge in [0.1, 0.15) is 5.78 Å². The van der Waals surface area contributed by atoms with Gasteiger partial charge in [-0.05, 0) is 6.92 Å². The summed E-state index contributed by atoms with van der Waals surface area (Å²) in [5.74, 6) is -8.34. The molecular formula is C8H9BrF5NO2. The monoisotopic (exact) mass is 325 g/mol. The van der Waals surface area contributed by atoms with Crippen LogP contribution in [0.25, 0.3) is 0 Å². The first-order valence-electron chi connectivity index (χ1n) is 4.35. The minimum atomic E-state index is -5.95. The summed E-state index contributed by atoms with van der Waals surface area (Å²) in [6, 6.07) is -1.10. The molecule has 3 nitrogen and oxygen atoms in total. The van der Waals surface area contributed by atoms with Gasteiger partial charge in [0.15, 0.2) is 0 Å². The van der Waals surface area contributed by atoms with Crippen molar-refractivity contribution in [3.05, 3.63) is 0 Å². The molecule has 1 N–H and O–H groups in total. The van der Waals surface area contributed by atoms with Crippen LogP contribution in [0.1, 0.15) is 13.3 Å². The molecule has 0 rings (SSSR count). The first-order valence-corrected chi connectivity index (χ1v) is 5.47. The van der Waals surface area contributed by atoms with Gasteiger partial charge in [-0.3, -0.25) is 9.59 Å². The van der Waals surface area contributed by atoms with Crippen molar-refractivity contribution in [2.45, 2.75) is 31.5 Å². The van der Waals surface area contributed by atoms with Gasteiger partial charge in [0, 0.05) is 12.5 Å². The Balaban J connectivity index is 4.50. The van der Waals surface area contributed by atoms with E-state index < -0.39 is 29.8 Å². The van der Waals surface area contributed by atoms with Crippen LogP contribution in [-0.4, -0.2) is 35.2 Å². The van der Waals surface area contributed by atoms with E-state index in [-0.39, 0.29) is 11.8 Å². The molecule has 100 valence electrons. The highest BCUT2D eigenvalue weighted by molar-refractivity contribution is 9.09. The Kier molecular flexibility index (Phi) is 5.50. The van der Waals surface area contributed by atoms with Crippen molar-refractivity contribution in [1.29, 1.82) is 0 Å². The first kappa shape index (κ1) is 16.3. The lowest BCUT2D eigenvalue weighted by molar-refractivity contribution is -0.270. The van der Waals surface area contributed by atoms with E-state index >= 15 is 0 Å². The fourth-order valence-corrected chi connectivity index (χ4v) is 1.12. The molecule has 0 bridgehead atoms. The predicted molar refractivity (Wildman–Crippen MR) is 52.0 cm³/mol. The highest BCUT2D eigenvalue weighted by atomic mass is 79.9. The number of hydrogen-bond donors (Lipinski definition) is 1. The zero-order valence-corrected chi connectivity index (χ0v) is 10.2. The molecule has 0 aliphatic rings. The van der Waals surface area contributed by atoms with E-state index in [9.17, 15) is 31.5 Å². The molecule has 0 saturated carbocycles. The van der Waals surface area contributed by atoms with Gasteiger partial charge in [-0.25, -0.2) is 0 Å². The number of alkyl halides is 6. The molecule has 17 heavy (non-hydrogen) atoms. The Morgan fingerprint density at radius 1 is 1.24 bits per heavy atom. The molecule has 0 aromatic rings. The molecule has 0 heterocycles. The molecule has 1 unspecified atom stereocenters. The molecule has 0 aliphatic carbocycles. The molecule has 0 aromatic heterocycles. The van der Waals surface area contributed by atoms with E-state index in [1.807, 2.05) is 0 Å². The summed E-state index contributed by atoms with van der Waals surface area (Å²) in [6.07, 6.45) is -6.28. The van der Waals surface area contributed by atoms with Gasteiger partial charge in [-0.1, -0.05) is 15.9 Å². The summed E-state index contributed by atoms with van der Waals surface area (Å²) in [6.45, 7) is 1.16. The third kappa shape index (κ3) is 4.57. The summed E-state index contributed by atoms with van der Waals surface area (Å²) in [5, 5.41) is 1.37. The quantitative estimate of drug-likeness (QED) is 0.621. The molecule has 0 aromatic carbocycles. The molecule has 0 aliphatic heterocycles. The van der Waals surface area contributed by atoms with Crippen molar-refractivity contribution in [3.8, 4) is 0 Å².